The summed E-state index contributed by atoms with van der Waals surface area (Å²) in [6.45, 7) is 0. The van der Waals surface area contributed by atoms with E-state index in [9.17, 15) is 19.8 Å². The second-order valence-electron chi connectivity index (χ2n) is 6.79. The smallest absolute Gasteiger partial charge is 0.321 e. The molecule has 0 bridgehead atoms. The summed E-state index contributed by atoms with van der Waals surface area (Å²) in [6.07, 6.45) is 4.77. The van der Waals surface area contributed by atoms with Gasteiger partial charge in [0.2, 0.25) is 0 Å². The van der Waals surface area contributed by atoms with Crippen LogP contribution >= 0.6 is 0 Å². The first-order chi connectivity index (χ1) is 13.5. The molecule has 2 aromatic rings. The maximum Gasteiger partial charge on any atom is 0.321 e. The van der Waals surface area contributed by atoms with Crippen LogP contribution in [0.3, 0.4) is 0 Å². The van der Waals surface area contributed by atoms with E-state index in [0.29, 0.717) is 6.42 Å². The minimum Gasteiger partial charge on any atom is -0.508 e. The zero-order valence-electron chi connectivity index (χ0n) is 15.1. The largest absolute Gasteiger partial charge is 0.508 e. The SMILES string of the molecule is O=C(/C=C/c1ccc2c(c1)CCC2N[C@@H](Cc1ccc(O)cc1)C(=O)O)NO. The molecule has 28 heavy (non-hydrogen) atoms. The molecule has 1 aliphatic carbocycles. The lowest BCUT2D eigenvalue weighted by Crippen LogP contribution is -2.40. The standard InChI is InChI=1S/C21H22N2O5/c24-16-6-1-14(2-7-16)12-19(21(26)27)22-18-9-5-15-11-13(3-8-17(15)18)4-10-20(25)23-28/h1-4,6-8,10-11,18-19,22,24,28H,5,9,12H2,(H,23,25)(H,26,27)/b10-4+/t18?,19-/m0/s1. The Labute approximate surface area is 162 Å². The molecular weight excluding hydrogens is 360 g/mol. The van der Waals surface area contributed by atoms with Crippen LogP contribution in [0.5, 0.6) is 5.75 Å². The Bertz CT molecular complexity index is 892. The van der Waals surface area contributed by atoms with Crippen molar-refractivity contribution in [2.24, 2.45) is 0 Å². The lowest BCUT2D eigenvalue weighted by molar-refractivity contribution is -0.139. The number of hydrogen-bond donors (Lipinski definition) is 5. The summed E-state index contributed by atoms with van der Waals surface area (Å²) < 4.78 is 0. The van der Waals surface area contributed by atoms with Gasteiger partial charge in [-0.1, -0.05) is 30.3 Å². The van der Waals surface area contributed by atoms with Crippen molar-refractivity contribution in [3.05, 3.63) is 70.8 Å². The Hall–Kier alpha value is -3.16. The molecule has 0 radical (unpaired) electrons. The van der Waals surface area contributed by atoms with E-state index in [0.717, 1.165) is 35.1 Å². The monoisotopic (exact) mass is 382 g/mol. The molecule has 0 aliphatic heterocycles. The molecule has 1 aliphatic rings. The zero-order valence-corrected chi connectivity index (χ0v) is 15.1. The number of aromatic hydroxyl groups is 1. The second-order valence-corrected chi connectivity index (χ2v) is 6.79. The maximum atomic E-state index is 11.7. The summed E-state index contributed by atoms with van der Waals surface area (Å²) in [5, 5.41) is 30.7. The number of aryl methyl sites for hydroxylation is 1. The van der Waals surface area contributed by atoms with Gasteiger partial charge in [0.15, 0.2) is 0 Å². The van der Waals surface area contributed by atoms with Crippen LogP contribution in [0.2, 0.25) is 0 Å². The third-order valence-electron chi connectivity index (χ3n) is 4.86. The van der Waals surface area contributed by atoms with E-state index in [1.54, 1.807) is 35.8 Å². The lowest BCUT2D eigenvalue weighted by atomic mass is 10.0. The first-order valence-electron chi connectivity index (χ1n) is 8.98. The van der Waals surface area contributed by atoms with E-state index < -0.39 is 17.9 Å². The van der Waals surface area contributed by atoms with Crippen LogP contribution in [0.15, 0.2) is 48.5 Å². The van der Waals surface area contributed by atoms with Crippen LogP contribution in [0.1, 0.15) is 34.7 Å². The van der Waals surface area contributed by atoms with Crippen molar-refractivity contribution in [3.8, 4) is 5.75 Å². The van der Waals surface area contributed by atoms with Crippen LogP contribution in [0.4, 0.5) is 0 Å². The van der Waals surface area contributed by atoms with E-state index >= 15 is 0 Å². The number of carboxylic acids is 1. The van der Waals surface area contributed by atoms with Crippen molar-refractivity contribution in [2.45, 2.75) is 31.3 Å². The van der Waals surface area contributed by atoms with Crippen molar-refractivity contribution in [1.82, 2.24) is 10.8 Å². The highest BCUT2D eigenvalue weighted by molar-refractivity contribution is 5.90. The Morgan fingerprint density at radius 3 is 2.61 bits per heavy atom. The number of nitrogens with one attached hydrogen (secondary N) is 2. The van der Waals surface area contributed by atoms with Crippen LogP contribution in [0.25, 0.3) is 6.08 Å². The molecule has 3 rings (SSSR count). The zero-order chi connectivity index (χ0) is 20.1. The van der Waals surface area contributed by atoms with Gasteiger partial charge in [-0.2, -0.15) is 0 Å². The van der Waals surface area contributed by atoms with Gasteiger partial charge in [-0.25, -0.2) is 5.48 Å². The topological polar surface area (TPSA) is 119 Å². The number of amides is 1. The van der Waals surface area contributed by atoms with Gasteiger partial charge in [0.05, 0.1) is 0 Å². The number of phenolic OH excluding ortho intramolecular Hbond substituents is 1. The molecule has 7 nitrogen and oxygen atoms in total. The number of aliphatic carboxylic acids is 1. The molecule has 7 heteroatoms. The first kappa shape index (κ1) is 19.6. The third-order valence-corrected chi connectivity index (χ3v) is 4.86. The number of benzene rings is 2. The molecule has 0 saturated carbocycles. The van der Waals surface area contributed by atoms with Crippen molar-refractivity contribution in [3.63, 3.8) is 0 Å². The average Bonchev–Trinajstić information content (AvgIpc) is 3.09. The van der Waals surface area contributed by atoms with Gasteiger partial charge in [0, 0.05) is 12.1 Å². The second kappa shape index (κ2) is 8.69. The number of hydroxylamine groups is 1. The predicted molar refractivity (Wildman–Crippen MR) is 103 cm³/mol. The van der Waals surface area contributed by atoms with Crippen LogP contribution in [-0.2, 0) is 22.4 Å². The number of carbonyl (C=O) groups is 2. The van der Waals surface area contributed by atoms with Crippen molar-refractivity contribution in [1.29, 1.82) is 0 Å². The van der Waals surface area contributed by atoms with Crippen LogP contribution in [-0.4, -0.2) is 33.3 Å². The number of carboxylic acid groups (broad SMARTS) is 1. The van der Waals surface area contributed by atoms with Gasteiger partial charge in [0.1, 0.15) is 11.8 Å². The van der Waals surface area contributed by atoms with Gasteiger partial charge in [-0.3, -0.25) is 20.1 Å². The van der Waals surface area contributed by atoms with Crippen molar-refractivity contribution < 1.29 is 25.0 Å². The molecular formula is C21H22N2O5. The first-order valence-corrected chi connectivity index (χ1v) is 8.98. The maximum absolute atomic E-state index is 11.7. The summed E-state index contributed by atoms with van der Waals surface area (Å²) in [4.78, 5) is 22.8. The Kier molecular flexibility index (Phi) is 6.08. The Morgan fingerprint density at radius 1 is 1.18 bits per heavy atom. The van der Waals surface area contributed by atoms with E-state index in [4.69, 9.17) is 5.21 Å². The number of hydrogen-bond acceptors (Lipinski definition) is 5. The van der Waals surface area contributed by atoms with E-state index in [1.165, 1.54) is 6.08 Å². The third kappa shape index (κ3) is 4.76. The van der Waals surface area contributed by atoms with E-state index in [-0.39, 0.29) is 11.8 Å². The minimum absolute atomic E-state index is 0.0630. The van der Waals surface area contributed by atoms with Gasteiger partial charge < -0.3 is 10.2 Å². The molecule has 2 aromatic carbocycles. The van der Waals surface area contributed by atoms with E-state index in [2.05, 4.69) is 5.32 Å². The van der Waals surface area contributed by atoms with Crippen molar-refractivity contribution in [2.75, 3.05) is 0 Å². The predicted octanol–water partition coefficient (Wildman–Crippen LogP) is 2.18. The van der Waals surface area contributed by atoms with Crippen LogP contribution in [0, 0.1) is 0 Å². The van der Waals surface area contributed by atoms with E-state index in [1.807, 2.05) is 18.2 Å². The fraction of sp³-hybridized carbons (Fsp3) is 0.238. The highest BCUT2D eigenvalue weighted by Gasteiger charge is 2.28. The average molecular weight is 382 g/mol. The molecule has 0 aromatic heterocycles. The quantitative estimate of drug-likeness (QED) is 0.285. The highest BCUT2D eigenvalue weighted by atomic mass is 16.5. The summed E-state index contributed by atoms with van der Waals surface area (Å²) in [5.74, 6) is -1.37. The number of carbonyl (C=O) groups excluding carboxylic acids is 1. The molecule has 146 valence electrons. The number of rotatable bonds is 7. The Morgan fingerprint density at radius 2 is 1.93 bits per heavy atom. The molecule has 2 atom stereocenters. The molecule has 5 N–H and O–H groups in total. The summed E-state index contributed by atoms with van der Waals surface area (Å²) in [6, 6.07) is 11.5. The Balaban J connectivity index is 1.71. The molecule has 0 spiro atoms. The fourth-order valence-electron chi connectivity index (χ4n) is 3.45. The van der Waals surface area contributed by atoms with Crippen LogP contribution < -0.4 is 10.8 Å². The molecule has 0 heterocycles. The van der Waals surface area contributed by atoms with Gasteiger partial charge >= 0.3 is 5.97 Å². The molecule has 0 fully saturated rings. The summed E-state index contributed by atoms with van der Waals surface area (Å²) in [7, 11) is 0. The minimum atomic E-state index is -0.920. The normalized spacial score (nSPS) is 16.7. The highest BCUT2D eigenvalue weighted by Crippen LogP contribution is 2.32. The number of fused-ring (bicyclic) bond motifs is 1. The van der Waals surface area contributed by atoms with Gasteiger partial charge in [-0.05, 0) is 59.7 Å². The van der Waals surface area contributed by atoms with Gasteiger partial charge in [-0.15, -0.1) is 0 Å². The summed E-state index contributed by atoms with van der Waals surface area (Å²) in [5.41, 5.74) is 5.38. The molecule has 0 saturated heterocycles. The van der Waals surface area contributed by atoms with Gasteiger partial charge in [0.25, 0.3) is 5.91 Å². The fourth-order valence-corrected chi connectivity index (χ4v) is 3.45. The lowest BCUT2D eigenvalue weighted by Gasteiger charge is -2.21. The van der Waals surface area contributed by atoms with Crippen molar-refractivity contribution >= 4 is 18.0 Å². The molecule has 1 unspecified atom stereocenters. The number of phenols is 1. The summed E-state index contributed by atoms with van der Waals surface area (Å²) >= 11 is 0. The molecule has 1 amide bonds.